The third kappa shape index (κ3) is 2.97. The van der Waals surface area contributed by atoms with Crippen LogP contribution in [-0.4, -0.2) is 35.7 Å². The monoisotopic (exact) mass is 432 g/mol. The van der Waals surface area contributed by atoms with Gasteiger partial charge in [0.2, 0.25) is 0 Å². The lowest BCUT2D eigenvalue weighted by Gasteiger charge is -2.15. The fourth-order valence-corrected chi connectivity index (χ4v) is 4.91. The average Bonchev–Trinajstić information content (AvgIpc) is 3.09. The highest BCUT2D eigenvalue weighted by Crippen LogP contribution is 2.35. The molecule has 5 aromatic carbocycles. The Morgan fingerprint density at radius 3 is 2.00 bits per heavy atom. The Morgan fingerprint density at radius 2 is 1.30 bits per heavy atom. The van der Waals surface area contributed by atoms with Crippen LogP contribution in [-0.2, 0) is 0 Å². The lowest BCUT2D eigenvalue weighted by atomic mass is 9.92. The average molecular weight is 432 g/mol. The molecule has 0 fully saturated rings. The van der Waals surface area contributed by atoms with E-state index in [-0.39, 0.29) is 24.3 Å². The van der Waals surface area contributed by atoms with E-state index < -0.39 is 0 Å². The van der Waals surface area contributed by atoms with Gasteiger partial charge in [-0.15, -0.1) is 0 Å². The summed E-state index contributed by atoms with van der Waals surface area (Å²) in [6.07, 6.45) is 0.489. The van der Waals surface area contributed by atoms with Crippen molar-refractivity contribution in [2.45, 2.75) is 6.42 Å². The summed E-state index contributed by atoms with van der Waals surface area (Å²) in [5.41, 5.74) is 1.52. The van der Waals surface area contributed by atoms with E-state index in [1.165, 1.54) is 10.3 Å². The number of carbonyl (C=O) groups is 3. The van der Waals surface area contributed by atoms with Gasteiger partial charge in [0, 0.05) is 18.7 Å². The van der Waals surface area contributed by atoms with Crippen LogP contribution in [0.2, 0.25) is 0 Å². The summed E-state index contributed by atoms with van der Waals surface area (Å²) in [4.78, 5) is 39.3. The molecule has 1 N–H and O–H groups in total. The van der Waals surface area contributed by atoms with Crippen molar-refractivity contribution in [3.8, 4) is 0 Å². The molecule has 0 atom stereocenters. The molecule has 0 bridgehead atoms. The van der Waals surface area contributed by atoms with Gasteiger partial charge in [-0.1, -0.05) is 60.7 Å². The summed E-state index contributed by atoms with van der Waals surface area (Å²) in [7, 11) is 0. The minimum absolute atomic E-state index is 0.157. The predicted molar refractivity (Wildman–Crippen MR) is 129 cm³/mol. The zero-order valence-electron chi connectivity index (χ0n) is 17.8. The molecule has 0 aromatic heterocycles. The Morgan fingerprint density at radius 1 is 0.697 bits per heavy atom. The second-order valence-corrected chi connectivity index (χ2v) is 8.39. The summed E-state index contributed by atoms with van der Waals surface area (Å²) in [6, 6.07) is 25.2. The molecule has 0 saturated heterocycles. The Bertz CT molecular complexity index is 1540. The summed E-state index contributed by atoms with van der Waals surface area (Å²) in [5, 5.41) is 9.58. The first-order chi connectivity index (χ1) is 16.1. The fourth-order valence-electron chi connectivity index (χ4n) is 4.91. The van der Waals surface area contributed by atoms with Crippen LogP contribution >= 0.6 is 0 Å². The van der Waals surface area contributed by atoms with Gasteiger partial charge < -0.3 is 5.32 Å². The Hall–Kier alpha value is -4.25. The first-order valence-corrected chi connectivity index (χ1v) is 11.0. The number of hydrogen-bond acceptors (Lipinski definition) is 3. The van der Waals surface area contributed by atoms with Crippen LogP contribution in [0.1, 0.15) is 37.5 Å². The van der Waals surface area contributed by atoms with Gasteiger partial charge in [0.05, 0.1) is 11.1 Å². The van der Waals surface area contributed by atoms with E-state index in [2.05, 4.69) is 35.6 Å². The molecule has 0 aliphatic carbocycles. The van der Waals surface area contributed by atoms with Gasteiger partial charge in [0.15, 0.2) is 0 Å². The summed E-state index contributed by atoms with van der Waals surface area (Å²) >= 11 is 0. The van der Waals surface area contributed by atoms with Crippen LogP contribution in [0.15, 0.2) is 78.9 Å². The highest BCUT2D eigenvalue weighted by molar-refractivity contribution is 6.26. The number of rotatable bonds is 5. The molecule has 0 radical (unpaired) electrons. The van der Waals surface area contributed by atoms with E-state index in [1.807, 2.05) is 24.3 Å². The molecule has 5 heteroatoms. The summed E-state index contributed by atoms with van der Waals surface area (Å²) < 4.78 is 0. The van der Waals surface area contributed by atoms with Crippen molar-refractivity contribution in [3.05, 3.63) is 95.6 Å². The van der Waals surface area contributed by atoms with E-state index in [9.17, 15) is 14.4 Å². The molecule has 0 unspecified atom stereocenters. The zero-order valence-corrected chi connectivity index (χ0v) is 17.8. The van der Waals surface area contributed by atoms with Crippen molar-refractivity contribution in [2.75, 3.05) is 13.1 Å². The second kappa shape index (κ2) is 7.41. The van der Waals surface area contributed by atoms with E-state index in [0.717, 1.165) is 26.9 Å². The minimum atomic E-state index is -0.270. The third-order valence-corrected chi connectivity index (χ3v) is 6.50. The topological polar surface area (TPSA) is 66.5 Å². The molecule has 33 heavy (non-hydrogen) atoms. The molecule has 160 valence electrons. The largest absolute Gasteiger partial charge is 0.352 e. The predicted octanol–water partition coefficient (Wildman–Crippen LogP) is 5.00. The third-order valence-electron chi connectivity index (χ3n) is 6.50. The van der Waals surface area contributed by atoms with Gasteiger partial charge in [0.25, 0.3) is 17.7 Å². The molecule has 1 aliphatic heterocycles. The van der Waals surface area contributed by atoms with Gasteiger partial charge in [0.1, 0.15) is 0 Å². The number of benzene rings is 5. The zero-order chi connectivity index (χ0) is 22.5. The number of carbonyl (C=O) groups excluding carboxylic acids is 3. The summed E-state index contributed by atoms with van der Waals surface area (Å²) in [5.74, 6) is -0.697. The molecule has 5 nitrogen and oxygen atoms in total. The molecule has 1 aliphatic rings. The van der Waals surface area contributed by atoms with E-state index in [4.69, 9.17) is 0 Å². The van der Waals surface area contributed by atoms with E-state index in [0.29, 0.717) is 29.7 Å². The van der Waals surface area contributed by atoms with Gasteiger partial charge in [-0.05, 0) is 56.9 Å². The van der Waals surface area contributed by atoms with Crippen LogP contribution in [0.3, 0.4) is 0 Å². The normalized spacial score (nSPS) is 13.4. The van der Waals surface area contributed by atoms with Crippen LogP contribution in [0, 0.1) is 0 Å². The second-order valence-electron chi connectivity index (χ2n) is 8.39. The van der Waals surface area contributed by atoms with Gasteiger partial charge >= 0.3 is 0 Å². The van der Waals surface area contributed by atoms with Gasteiger partial charge in [-0.3, -0.25) is 19.3 Å². The lowest BCUT2D eigenvalue weighted by molar-refractivity contribution is 0.0653. The molecule has 0 spiro atoms. The summed E-state index contributed by atoms with van der Waals surface area (Å²) in [6.45, 7) is 0.638. The first-order valence-electron chi connectivity index (χ1n) is 11.0. The van der Waals surface area contributed by atoms with Crippen LogP contribution in [0.4, 0.5) is 0 Å². The number of imide groups is 1. The first kappa shape index (κ1) is 19.4. The van der Waals surface area contributed by atoms with E-state index in [1.54, 1.807) is 24.3 Å². The standard InChI is InChI=1S/C28H20N2O3/c31-26(29-15-4-16-30-27(32)22-7-1-2-8-23(22)28(30)33)21-14-12-19-10-9-17-5-3-6-18-11-13-20(21)25(19)24(17)18/h1-3,5-14H,4,15-16H2,(H,29,31). The van der Waals surface area contributed by atoms with Crippen molar-refractivity contribution in [1.82, 2.24) is 10.2 Å². The molecular formula is C28H20N2O3. The van der Waals surface area contributed by atoms with Gasteiger partial charge in [-0.2, -0.15) is 0 Å². The van der Waals surface area contributed by atoms with Crippen LogP contribution in [0.5, 0.6) is 0 Å². The number of fused-ring (bicyclic) bond motifs is 1. The van der Waals surface area contributed by atoms with Crippen molar-refractivity contribution >= 4 is 50.0 Å². The SMILES string of the molecule is O=C(NCCCN1C(=O)c2ccccc2C1=O)c1ccc2ccc3cccc4ccc1c2c34. The van der Waals surface area contributed by atoms with Crippen molar-refractivity contribution in [2.24, 2.45) is 0 Å². The lowest BCUT2D eigenvalue weighted by Crippen LogP contribution is -2.33. The number of nitrogens with one attached hydrogen (secondary N) is 1. The van der Waals surface area contributed by atoms with Crippen molar-refractivity contribution < 1.29 is 14.4 Å². The quantitative estimate of drug-likeness (QED) is 0.241. The molecule has 0 saturated carbocycles. The van der Waals surface area contributed by atoms with Crippen molar-refractivity contribution in [1.29, 1.82) is 0 Å². The van der Waals surface area contributed by atoms with Crippen LogP contribution in [0.25, 0.3) is 32.3 Å². The number of nitrogens with zero attached hydrogens (tertiary/aromatic N) is 1. The highest BCUT2D eigenvalue weighted by Gasteiger charge is 2.34. The Kier molecular flexibility index (Phi) is 4.37. The van der Waals surface area contributed by atoms with Gasteiger partial charge in [-0.25, -0.2) is 0 Å². The maximum Gasteiger partial charge on any atom is 0.261 e. The highest BCUT2D eigenvalue weighted by atomic mass is 16.2. The number of hydrogen-bond donors (Lipinski definition) is 1. The maximum absolute atomic E-state index is 13.0. The maximum atomic E-state index is 13.0. The smallest absolute Gasteiger partial charge is 0.261 e. The number of amides is 3. The van der Waals surface area contributed by atoms with E-state index >= 15 is 0 Å². The van der Waals surface area contributed by atoms with Crippen LogP contribution < -0.4 is 5.32 Å². The minimum Gasteiger partial charge on any atom is -0.352 e. The molecule has 1 heterocycles. The molecule has 5 aromatic rings. The van der Waals surface area contributed by atoms with Crippen molar-refractivity contribution in [3.63, 3.8) is 0 Å². The Labute approximate surface area is 189 Å². The molecule has 6 rings (SSSR count). The fraction of sp³-hybridized carbons (Fsp3) is 0.107. The Balaban J connectivity index is 1.20. The molecule has 3 amide bonds. The molecular weight excluding hydrogens is 412 g/mol.